The first-order chi connectivity index (χ1) is 29.2. The first-order valence-corrected chi connectivity index (χ1v) is 19.6. The molecule has 0 N–H and O–H groups in total. The van der Waals surface area contributed by atoms with Gasteiger partial charge in [-0.3, -0.25) is 0 Å². The molecule has 276 valence electrons. The molecule has 3 heterocycles. The van der Waals surface area contributed by atoms with Crippen molar-refractivity contribution in [1.82, 2.24) is 24.9 Å². The summed E-state index contributed by atoms with van der Waals surface area (Å²) in [6, 6.07) is 68.1. The van der Waals surface area contributed by atoms with Crippen LogP contribution < -0.4 is 0 Å². The van der Waals surface area contributed by atoms with E-state index in [9.17, 15) is 0 Å². The van der Waals surface area contributed by atoms with Crippen LogP contribution in [0.2, 0.25) is 0 Å². The van der Waals surface area contributed by atoms with Crippen molar-refractivity contribution in [3.8, 4) is 79.2 Å². The number of nitrogens with zero attached hydrogens (tertiary/aromatic N) is 5. The van der Waals surface area contributed by atoms with Crippen LogP contribution in [0.5, 0.6) is 0 Å². The Hall–Kier alpha value is -8.09. The molecule has 0 fully saturated rings. The van der Waals surface area contributed by atoms with Crippen LogP contribution in [0.4, 0.5) is 0 Å². The van der Waals surface area contributed by atoms with Crippen molar-refractivity contribution < 1.29 is 4.42 Å². The summed E-state index contributed by atoms with van der Waals surface area (Å²) in [6.07, 6.45) is 0. The van der Waals surface area contributed by atoms with E-state index in [-0.39, 0.29) is 0 Å². The van der Waals surface area contributed by atoms with Crippen molar-refractivity contribution in [3.05, 3.63) is 200 Å². The predicted molar refractivity (Wildman–Crippen MR) is 238 cm³/mol. The van der Waals surface area contributed by atoms with Gasteiger partial charge >= 0.3 is 0 Å². The van der Waals surface area contributed by atoms with Crippen molar-refractivity contribution in [1.29, 1.82) is 0 Å². The minimum Gasteiger partial charge on any atom is -0.455 e. The van der Waals surface area contributed by atoms with Gasteiger partial charge in [-0.2, -0.15) is 0 Å². The molecule has 6 nitrogen and oxygen atoms in total. The zero-order valence-corrected chi connectivity index (χ0v) is 31.7. The van der Waals surface area contributed by atoms with Crippen molar-refractivity contribution >= 4 is 32.7 Å². The molecule has 0 saturated heterocycles. The summed E-state index contributed by atoms with van der Waals surface area (Å²) in [4.78, 5) is 25.4. The summed E-state index contributed by atoms with van der Waals surface area (Å²) in [6.45, 7) is 0. The van der Waals surface area contributed by atoms with Crippen LogP contribution in [0, 0.1) is 0 Å². The van der Waals surface area contributed by atoms with E-state index in [0.717, 1.165) is 88.6 Å². The molecular formula is C53H33N5O. The number of aromatic nitrogens is 5. The first-order valence-electron chi connectivity index (χ1n) is 19.6. The number of furan rings is 1. The molecule has 0 unspecified atom stereocenters. The van der Waals surface area contributed by atoms with Gasteiger partial charge in [-0.05, 0) is 46.8 Å². The maximum atomic E-state index is 6.43. The molecule has 0 aliphatic carbocycles. The molecule has 0 aliphatic heterocycles. The maximum absolute atomic E-state index is 6.43. The van der Waals surface area contributed by atoms with E-state index >= 15 is 0 Å². The second-order valence-electron chi connectivity index (χ2n) is 14.5. The van der Waals surface area contributed by atoms with Crippen LogP contribution in [0.1, 0.15) is 0 Å². The molecule has 0 spiro atoms. The van der Waals surface area contributed by atoms with Gasteiger partial charge in [0.2, 0.25) is 0 Å². The average molecular weight is 756 g/mol. The molecular weight excluding hydrogens is 723 g/mol. The van der Waals surface area contributed by atoms with Gasteiger partial charge in [-0.15, -0.1) is 0 Å². The average Bonchev–Trinajstić information content (AvgIpc) is 3.71. The lowest BCUT2D eigenvalue weighted by Crippen LogP contribution is -2.00. The summed E-state index contributed by atoms with van der Waals surface area (Å²) in [5.74, 6) is 2.51. The Morgan fingerprint density at radius 3 is 1.37 bits per heavy atom. The van der Waals surface area contributed by atoms with Gasteiger partial charge in [0.25, 0.3) is 0 Å². The number of hydrogen-bond donors (Lipinski definition) is 0. The number of fused-ring (bicyclic) bond motifs is 5. The number of para-hydroxylation sites is 1. The van der Waals surface area contributed by atoms with E-state index in [4.69, 9.17) is 29.3 Å². The van der Waals surface area contributed by atoms with Crippen LogP contribution in [0.15, 0.2) is 205 Å². The second kappa shape index (κ2) is 14.4. The summed E-state index contributed by atoms with van der Waals surface area (Å²) in [7, 11) is 0. The third kappa shape index (κ3) is 6.39. The van der Waals surface area contributed by atoms with Gasteiger partial charge < -0.3 is 4.42 Å². The van der Waals surface area contributed by atoms with Crippen molar-refractivity contribution in [2.45, 2.75) is 0 Å². The highest BCUT2D eigenvalue weighted by Crippen LogP contribution is 2.40. The van der Waals surface area contributed by atoms with Crippen molar-refractivity contribution in [2.75, 3.05) is 0 Å². The molecule has 6 heteroatoms. The van der Waals surface area contributed by atoms with Crippen LogP contribution in [-0.2, 0) is 0 Å². The van der Waals surface area contributed by atoms with Crippen molar-refractivity contribution in [2.24, 2.45) is 0 Å². The van der Waals surface area contributed by atoms with E-state index in [0.29, 0.717) is 23.3 Å². The highest BCUT2D eigenvalue weighted by molar-refractivity contribution is 6.18. The fourth-order valence-corrected chi connectivity index (χ4v) is 7.84. The topological polar surface area (TPSA) is 77.6 Å². The summed E-state index contributed by atoms with van der Waals surface area (Å²) in [5.41, 5.74) is 11.2. The predicted octanol–water partition coefficient (Wildman–Crippen LogP) is 13.4. The van der Waals surface area contributed by atoms with Crippen LogP contribution in [0.3, 0.4) is 0 Å². The van der Waals surface area contributed by atoms with Crippen LogP contribution in [-0.4, -0.2) is 24.9 Å². The largest absolute Gasteiger partial charge is 0.455 e. The maximum Gasteiger partial charge on any atom is 0.164 e. The zero-order chi connectivity index (χ0) is 39.1. The molecule has 0 atom stereocenters. The Morgan fingerprint density at radius 2 is 0.729 bits per heavy atom. The molecule has 0 saturated carbocycles. The molecule has 3 aromatic heterocycles. The Balaban J connectivity index is 1.04. The third-order valence-electron chi connectivity index (χ3n) is 10.7. The third-order valence-corrected chi connectivity index (χ3v) is 10.7. The van der Waals surface area contributed by atoms with E-state index in [1.54, 1.807) is 0 Å². The standard InChI is InChI=1S/C53H33N5O/c1-4-16-34(17-5-1)46-33-47(55-53(54-46)45-32-44-42-27-12-13-29-48(42)59-49(44)43-28-11-10-26-41(43)45)39-24-14-22-37(30-39)38-23-15-25-40(31-38)52-57-50(35-18-6-2-7-19-35)56-51(58-52)36-20-8-3-9-21-36/h1-33H. The van der Waals surface area contributed by atoms with E-state index in [1.165, 1.54) is 0 Å². The van der Waals surface area contributed by atoms with E-state index < -0.39 is 0 Å². The molecule has 59 heavy (non-hydrogen) atoms. The summed E-state index contributed by atoms with van der Waals surface area (Å²) >= 11 is 0. The smallest absolute Gasteiger partial charge is 0.164 e. The molecule has 8 aromatic carbocycles. The minimum absolute atomic E-state index is 0.609. The van der Waals surface area contributed by atoms with Gasteiger partial charge in [0, 0.05) is 49.5 Å². The van der Waals surface area contributed by atoms with Crippen LogP contribution >= 0.6 is 0 Å². The quantitative estimate of drug-likeness (QED) is 0.161. The highest BCUT2D eigenvalue weighted by Gasteiger charge is 2.19. The first kappa shape index (κ1) is 34.2. The van der Waals surface area contributed by atoms with E-state index in [2.05, 4.69) is 103 Å². The number of rotatable bonds is 7. The lowest BCUT2D eigenvalue weighted by molar-refractivity contribution is 0.672. The van der Waals surface area contributed by atoms with E-state index in [1.807, 2.05) is 97.1 Å². The zero-order valence-electron chi connectivity index (χ0n) is 31.7. The normalized spacial score (nSPS) is 11.4. The molecule has 11 aromatic rings. The molecule has 0 amide bonds. The Kier molecular flexibility index (Phi) is 8.37. The Morgan fingerprint density at radius 1 is 0.271 bits per heavy atom. The van der Waals surface area contributed by atoms with Gasteiger partial charge in [-0.1, -0.05) is 170 Å². The fraction of sp³-hybridized carbons (Fsp3) is 0. The monoisotopic (exact) mass is 755 g/mol. The lowest BCUT2D eigenvalue weighted by atomic mass is 9.98. The Bertz CT molecular complexity index is 3270. The van der Waals surface area contributed by atoms with Crippen LogP contribution in [0.25, 0.3) is 112 Å². The number of benzene rings is 8. The SMILES string of the molecule is c1ccc(-c2cc(-c3cccc(-c4cccc(-c5nc(-c6ccccc6)nc(-c6ccccc6)n5)c4)c3)nc(-c3cc4c5ccccc5oc4c4ccccc34)n2)cc1. The summed E-state index contributed by atoms with van der Waals surface area (Å²) in [5, 5.41) is 4.16. The van der Waals surface area contributed by atoms with Gasteiger partial charge in [-0.25, -0.2) is 24.9 Å². The minimum atomic E-state index is 0.609. The van der Waals surface area contributed by atoms with Gasteiger partial charge in [0.1, 0.15) is 11.2 Å². The summed E-state index contributed by atoms with van der Waals surface area (Å²) < 4.78 is 6.43. The molecule has 0 radical (unpaired) electrons. The van der Waals surface area contributed by atoms with Crippen molar-refractivity contribution in [3.63, 3.8) is 0 Å². The lowest BCUT2D eigenvalue weighted by Gasteiger charge is -2.13. The van der Waals surface area contributed by atoms with Gasteiger partial charge in [0.15, 0.2) is 23.3 Å². The molecule has 11 rings (SSSR count). The highest BCUT2D eigenvalue weighted by atomic mass is 16.3. The second-order valence-corrected chi connectivity index (χ2v) is 14.5. The molecule has 0 aliphatic rings. The number of hydrogen-bond acceptors (Lipinski definition) is 6. The molecule has 0 bridgehead atoms. The van der Waals surface area contributed by atoms with Gasteiger partial charge in [0.05, 0.1) is 11.4 Å². The fourth-order valence-electron chi connectivity index (χ4n) is 7.84. The Labute approximate surface area is 340 Å².